The summed E-state index contributed by atoms with van der Waals surface area (Å²) in [5.41, 5.74) is 0.518. The summed E-state index contributed by atoms with van der Waals surface area (Å²) in [6, 6.07) is 3.54. The second-order valence-corrected chi connectivity index (χ2v) is 3.94. The van der Waals surface area contributed by atoms with Crippen LogP contribution in [0.15, 0.2) is 35.5 Å². The largest absolute Gasteiger partial charge is 0.475 e. The van der Waals surface area contributed by atoms with Crippen molar-refractivity contribution >= 4 is 5.82 Å². The SMILES string of the molecule is CCCOc1nccnc1NCc1ccc[nH]c1=O. The van der Waals surface area contributed by atoms with Gasteiger partial charge in [-0.3, -0.25) is 4.79 Å². The summed E-state index contributed by atoms with van der Waals surface area (Å²) in [5, 5.41) is 3.06. The predicted octanol–water partition coefficient (Wildman–Crippen LogP) is 1.57. The number of nitrogens with one attached hydrogen (secondary N) is 2. The molecule has 0 aliphatic heterocycles. The van der Waals surface area contributed by atoms with E-state index in [0.717, 1.165) is 6.42 Å². The van der Waals surface area contributed by atoms with Gasteiger partial charge in [0.2, 0.25) is 0 Å². The molecule has 6 nitrogen and oxygen atoms in total. The van der Waals surface area contributed by atoms with Crippen LogP contribution in [0.5, 0.6) is 5.88 Å². The highest BCUT2D eigenvalue weighted by molar-refractivity contribution is 5.44. The Morgan fingerprint density at radius 2 is 2.21 bits per heavy atom. The number of aromatic nitrogens is 3. The van der Waals surface area contributed by atoms with Gasteiger partial charge >= 0.3 is 0 Å². The lowest BCUT2D eigenvalue weighted by molar-refractivity contribution is 0.305. The van der Waals surface area contributed by atoms with E-state index in [2.05, 4.69) is 20.3 Å². The first-order valence-corrected chi connectivity index (χ1v) is 6.15. The van der Waals surface area contributed by atoms with Crippen LogP contribution in [0.1, 0.15) is 18.9 Å². The van der Waals surface area contributed by atoms with E-state index >= 15 is 0 Å². The first-order valence-electron chi connectivity index (χ1n) is 6.15. The molecule has 2 aromatic rings. The van der Waals surface area contributed by atoms with E-state index in [1.807, 2.05) is 6.92 Å². The van der Waals surface area contributed by atoms with E-state index in [9.17, 15) is 4.79 Å². The van der Waals surface area contributed by atoms with Gasteiger partial charge in [-0.25, -0.2) is 9.97 Å². The highest BCUT2D eigenvalue weighted by Gasteiger charge is 2.06. The monoisotopic (exact) mass is 260 g/mol. The van der Waals surface area contributed by atoms with E-state index in [4.69, 9.17) is 4.74 Å². The summed E-state index contributed by atoms with van der Waals surface area (Å²) in [6.07, 6.45) is 5.65. The van der Waals surface area contributed by atoms with Gasteiger partial charge < -0.3 is 15.0 Å². The van der Waals surface area contributed by atoms with Gasteiger partial charge in [0, 0.05) is 30.7 Å². The Hall–Kier alpha value is -2.37. The lowest BCUT2D eigenvalue weighted by Gasteiger charge is -2.09. The average Bonchev–Trinajstić information content (AvgIpc) is 2.45. The number of nitrogens with zero attached hydrogens (tertiary/aromatic N) is 2. The van der Waals surface area contributed by atoms with Crippen molar-refractivity contribution in [3.8, 4) is 5.88 Å². The fourth-order valence-corrected chi connectivity index (χ4v) is 1.53. The maximum Gasteiger partial charge on any atom is 0.257 e. The number of hydrogen-bond acceptors (Lipinski definition) is 5. The number of rotatable bonds is 6. The first-order chi connectivity index (χ1) is 9.31. The van der Waals surface area contributed by atoms with Gasteiger partial charge in [-0.1, -0.05) is 13.0 Å². The minimum Gasteiger partial charge on any atom is -0.475 e. The maximum atomic E-state index is 11.5. The highest BCUT2D eigenvalue weighted by atomic mass is 16.5. The van der Waals surface area contributed by atoms with Gasteiger partial charge in [0.05, 0.1) is 6.61 Å². The molecule has 0 amide bonds. The van der Waals surface area contributed by atoms with Crippen molar-refractivity contribution in [1.82, 2.24) is 15.0 Å². The zero-order valence-electron chi connectivity index (χ0n) is 10.7. The van der Waals surface area contributed by atoms with Gasteiger partial charge in [-0.05, 0) is 12.5 Å². The summed E-state index contributed by atoms with van der Waals surface area (Å²) in [7, 11) is 0. The number of hydrogen-bond donors (Lipinski definition) is 2. The molecule has 0 saturated carbocycles. The summed E-state index contributed by atoms with van der Waals surface area (Å²) >= 11 is 0. The van der Waals surface area contributed by atoms with Gasteiger partial charge in [0.15, 0.2) is 5.82 Å². The third-order valence-corrected chi connectivity index (χ3v) is 2.45. The Bertz CT molecular complexity index is 583. The first kappa shape index (κ1) is 13.1. The molecule has 100 valence electrons. The van der Waals surface area contributed by atoms with Crippen molar-refractivity contribution in [1.29, 1.82) is 0 Å². The molecule has 0 saturated heterocycles. The molecule has 0 atom stereocenters. The molecule has 0 fully saturated rings. The second kappa shape index (κ2) is 6.53. The van der Waals surface area contributed by atoms with E-state index in [1.54, 1.807) is 30.7 Å². The van der Waals surface area contributed by atoms with Crippen molar-refractivity contribution in [2.24, 2.45) is 0 Å². The zero-order chi connectivity index (χ0) is 13.5. The molecular formula is C13H16N4O2. The number of aromatic amines is 1. The fourth-order valence-electron chi connectivity index (χ4n) is 1.53. The second-order valence-electron chi connectivity index (χ2n) is 3.94. The van der Waals surface area contributed by atoms with Gasteiger partial charge in [-0.15, -0.1) is 0 Å². The van der Waals surface area contributed by atoms with Crippen molar-refractivity contribution < 1.29 is 4.74 Å². The van der Waals surface area contributed by atoms with Gasteiger partial charge in [0.1, 0.15) is 0 Å². The van der Waals surface area contributed by atoms with Crippen LogP contribution in [-0.2, 0) is 6.54 Å². The van der Waals surface area contributed by atoms with E-state index in [1.165, 1.54) is 0 Å². The minimum atomic E-state index is -0.116. The lowest BCUT2D eigenvalue weighted by atomic mass is 10.3. The van der Waals surface area contributed by atoms with Crippen molar-refractivity contribution in [3.05, 3.63) is 46.6 Å². The molecule has 2 heterocycles. The molecule has 0 aliphatic rings. The summed E-state index contributed by atoms with van der Waals surface area (Å²) in [6.45, 7) is 2.98. The molecule has 0 bridgehead atoms. The molecule has 0 aliphatic carbocycles. The van der Waals surface area contributed by atoms with Crippen LogP contribution in [0, 0.1) is 0 Å². The fraction of sp³-hybridized carbons (Fsp3) is 0.308. The highest BCUT2D eigenvalue weighted by Crippen LogP contribution is 2.17. The molecule has 0 spiro atoms. The van der Waals surface area contributed by atoms with E-state index < -0.39 is 0 Å². The standard InChI is InChI=1S/C13H16N4O2/c1-2-8-19-13-11(14-6-7-16-13)17-9-10-4-3-5-15-12(10)18/h3-7H,2,8-9H2,1H3,(H,14,17)(H,15,18). The molecular weight excluding hydrogens is 244 g/mol. The van der Waals surface area contributed by atoms with Gasteiger partial charge in [-0.2, -0.15) is 0 Å². The maximum absolute atomic E-state index is 11.5. The normalized spacial score (nSPS) is 10.2. The number of anilines is 1. The minimum absolute atomic E-state index is 0.116. The average molecular weight is 260 g/mol. The van der Waals surface area contributed by atoms with Gasteiger partial charge in [0.25, 0.3) is 11.4 Å². The van der Waals surface area contributed by atoms with Crippen LogP contribution in [0.4, 0.5) is 5.82 Å². The Morgan fingerprint density at radius 3 is 3.00 bits per heavy atom. The van der Waals surface area contributed by atoms with Crippen LogP contribution in [-0.4, -0.2) is 21.6 Å². The number of pyridine rings is 1. The molecule has 0 aromatic carbocycles. The Morgan fingerprint density at radius 1 is 1.37 bits per heavy atom. The molecule has 19 heavy (non-hydrogen) atoms. The van der Waals surface area contributed by atoms with Crippen LogP contribution < -0.4 is 15.6 Å². The van der Waals surface area contributed by atoms with E-state index in [-0.39, 0.29) is 5.56 Å². The molecule has 2 aromatic heterocycles. The third-order valence-electron chi connectivity index (χ3n) is 2.45. The van der Waals surface area contributed by atoms with Crippen LogP contribution in [0.3, 0.4) is 0 Å². The summed E-state index contributed by atoms with van der Waals surface area (Å²) in [4.78, 5) is 22.4. The number of H-pyrrole nitrogens is 1. The zero-order valence-corrected chi connectivity index (χ0v) is 10.7. The topological polar surface area (TPSA) is 79.9 Å². The molecule has 0 unspecified atom stereocenters. The summed E-state index contributed by atoms with van der Waals surface area (Å²) < 4.78 is 5.48. The molecule has 2 N–H and O–H groups in total. The quantitative estimate of drug-likeness (QED) is 0.824. The van der Waals surface area contributed by atoms with E-state index in [0.29, 0.717) is 30.4 Å². The summed E-state index contributed by atoms with van der Waals surface area (Å²) in [5.74, 6) is 0.996. The van der Waals surface area contributed by atoms with Crippen LogP contribution in [0.25, 0.3) is 0 Å². The molecule has 6 heteroatoms. The molecule has 0 radical (unpaired) electrons. The van der Waals surface area contributed by atoms with Crippen molar-refractivity contribution in [2.75, 3.05) is 11.9 Å². The molecule has 2 rings (SSSR count). The Kier molecular flexibility index (Phi) is 4.49. The van der Waals surface area contributed by atoms with Crippen molar-refractivity contribution in [3.63, 3.8) is 0 Å². The van der Waals surface area contributed by atoms with Crippen LogP contribution in [0.2, 0.25) is 0 Å². The number of ether oxygens (including phenoxy) is 1. The predicted molar refractivity (Wildman–Crippen MR) is 72.2 cm³/mol. The smallest absolute Gasteiger partial charge is 0.257 e. The Labute approximate surface area is 110 Å². The lowest BCUT2D eigenvalue weighted by Crippen LogP contribution is -2.15. The third kappa shape index (κ3) is 3.54. The van der Waals surface area contributed by atoms with Crippen LogP contribution >= 0.6 is 0 Å². The van der Waals surface area contributed by atoms with Crippen molar-refractivity contribution in [2.45, 2.75) is 19.9 Å². The Balaban J connectivity index is 2.07.